The van der Waals surface area contributed by atoms with Crippen molar-refractivity contribution in [3.63, 3.8) is 0 Å². The summed E-state index contributed by atoms with van der Waals surface area (Å²) in [5.74, 6) is -0.991. The highest BCUT2D eigenvalue weighted by Crippen LogP contribution is 2.35. The Bertz CT molecular complexity index is 364. The molecule has 0 aromatic heterocycles. The lowest BCUT2D eigenvalue weighted by atomic mass is 9.77. The second-order valence-electron chi connectivity index (χ2n) is 6.05. The van der Waals surface area contributed by atoms with E-state index in [9.17, 15) is 9.59 Å². The van der Waals surface area contributed by atoms with Gasteiger partial charge in [0.05, 0.1) is 11.3 Å². The summed E-state index contributed by atoms with van der Waals surface area (Å²) in [6.45, 7) is 6.63. The van der Waals surface area contributed by atoms with Gasteiger partial charge in [-0.1, -0.05) is 13.8 Å². The smallest absolute Gasteiger partial charge is 0.308 e. The molecule has 2 saturated heterocycles. The molecular weight excluding hydrogens is 244 g/mol. The van der Waals surface area contributed by atoms with Crippen molar-refractivity contribution >= 4 is 11.9 Å². The van der Waals surface area contributed by atoms with Gasteiger partial charge in [0.2, 0.25) is 5.91 Å². The molecule has 1 amide bonds. The van der Waals surface area contributed by atoms with E-state index in [1.54, 1.807) is 4.90 Å². The van der Waals surface area contributed by atoms with Gasteiger partial charge in [0.25, 0.3) is 0 Å². The van der Waals surface area contributed by atoms with Crippen LogP contribution in [0.1, 0.15) is 33.1 Å². The molecule has 0 aliphatic carbocycles. The standard InChI is InChI=1S/C14H24N2O3/c1-3-14(5-4-6-15-9-14)13(19)16-7-10(2)11(8-16)12(17)18/h10-11,15H,3-9H2,1-2H3,(H,17,18)/t10-,11-,14?/m1/s1. The lowest BCUT2D eigenvalue weighted by Crippen LogP contribution is -2.51. The molecular formula is C14H24N2O3. The van der Waals surface area contributed by atoms with Crippen LogP contribution in [0, 0.1) is 17.3 Å². The van der Waals surface area contributed by atoms with E-state index in [4.69, 9.17) is 5.11 Å². The number of piperidine rings is 1. The summed E-state index contributed by atoms with van der Waals surface area (Å²) >= 11 is 0. The molecule has 2 fully saturated rings. The Morgan fingerprint density at radius 3 is 2.63 bits per heavy atom. The van der Waals surface area contributed by atoms with Gasteiger partial charge in [0.1, 0.15) is 0 Å². The molecule has 2 aliphatic heterocycles. The van der Waals surface area contributed by atoms with Gasteiger partial charge in [-0.2, -0.15) is 0 Å². The number of hydrogen-bond donors (Lipinski definition) is 2. The van der Waals surface area contributed by atoms with Crippen molar-refractivity contribution in [3.05, 3.63) is 0 Å². The summed E-state index contributed by atoms with van der Waals surface area (Å²) in [5.41, 5.74) is -0.314. The van der Waals surface area contributed by atoms with Crippen LogP contribution < -0.4 is 5.32 Å². The van der Waals surface area contributed by atoms with Crippen molar-refractivity contribution in [2.24, 2.45) is 17.3 Å². The third kappa shape index (κ3) is 2.61. The molecule has 19 heavy (non-hydrogen) atoms. The van der Waals surface area contributed by atoms with Crippen LogP contribution in [0.15, 0.2) is 0 Å². The fourth-order valence-electron chi connectivity index (χ4n) is 3.39. The minimum Gasteiger partial charge on any atom is -0.481 e. The van der Waals surface area contributed by atoms with Crippen molar-refractivity contribution in [3.8, 4) is 0 Å². The Balaban J connectivity index is 2.09. The summed E-state index contributed by atoms with van der Waals surface area (Å²) in [4.78, 5) is 25.7. The minimum absolute atomic E-state index is 0.0481. The molecule has 2 aliphatic rings. The first-order valence-electron chi connectivity index (χ1n) is 7.23. The zero-order chi connectivity index (χ0) is 14.0. The topological polar surface area (TPSA) is 69.6 Å². The number of carbonyl (C=O) groups is 2. The molecule has 0 radical (unpaired) electrons. The van der Waals surface area contributed by atoms with Gasteiger partial charge in [0.15, 0.2) is 0 Å². The van der Waals surface area contributed by atoms with Crippen molar-refractivity contribution in [1.29, 1.82) is 0 Å². The Kier molecular flexibility index (Phi) is 4.13. The molecule has 2 heterocycles. The maximum atomic E-state index is 12.8. The van der Waals surface area contributed by atoms with Gasteiger partial charge in [-0.15, -0.1) is 0 Å². The molecule has 5 heteroatoms. The van der Waals surface area contributed by atoms with E-state index in [0.29, 0.717) is 13.1 Å². The van der Waals surface area contributed by atoms with Crippen molar-refractivity contribution in [1.82, 2.24) is 10.2 Å². The lowest BCUT2D eigenvalue weighted by Gasteiger charge is -2.38. The predicted octanol–water partition coefficient (Wildman–Crippen LogP) is 0.945. The van der Waals surface area contributed by atoms with E-state index in [1.807, 2.05) is 6.92 Å². The second-order valence-corrected chi connectivity index (χ2v) is 6.05. The summed E-state index contributed by atoms with van der Waals surface area (Å²) < 4.78 is 0. The van der Waals surface area contributed by atoms with Crippen LogP contribution in [-0.2, 0) is 9.59 Å². The van der Waals surface area contributed by atoms with Crippen LogP contribution in [0.5, 0.6) is 0 Å². The van der Waals surface area contributed by atoms with E-state index < -0.39 is 11.9 Å². The highest BCUT2D eigenvalue weighted by Gasteiger charge is 2.45. The molecule has 2 rings (SSSR count). The monoisotopic (exact) mass is 268 g/mol. The molecule has 0 saturated carbocycles. The number of aliphatic carboxylic acids is 1. The average molecular weight is 268 g/mol. The molecule has 0 spiro atoms. The zero-order valence-corrected chi connectivity index (χ0v) is 11.8. The van der Waals surface area contributed by atoms with Crippen LogP contribution >= 0.6 is 0 Å². The number of carboxylic acid groups (broad SMARTS) is 1. The second kappa shape index (κ2) is 5.49. The molecule has 0 aromatic carbocycles. The van der Waals surface area contributed by atoms with Crippen molar-refractivity contribution in [2.75, 3.05) is 26.2 Å². The van der Waals surface area contributed by atoms with Gasteiger partial charge < -0.3 is 15.3 Å². The van der Waals surface area contributed by atoms with Gasteiger partial charge in [-0.25, -0.2) is 0 Å². The third-order valence-corrected chi connectivity index (χ3v) is 4.82. The lowest BCUT2D eigenvalue weighted by molar-refractivity contribution is -0.144. The molecule has 108 valence electrons. The fourth-order valence-corrected chi connectivity index (χ4v) is 3.39. The zero-order valence-electron chi connectivity index (χ0n) is 11.8. The predicted molar refractivity (Wildman–Crippen MR) is 71.7 cm³/mol. The Labute approximate surface area is 114 Å². The third-order valence-electron chi connectivity index (χ3n) is 4.82. The van der Waals surface area contributed by atoms with Crippen LogP contribution in [0.25, 0.3) is 0 Å². The Hall–Kier alpha value is -1.10. The normalized spacial score (nSPS) is 35.4. The summed E-state index contributed by atoms with van der Waals surface area (Å²) in [6.07, 6.45) is 2.75. The number of rotatable bonds is 3. The van der Waals surface area contributed by atoms with Crippen LogP contribution in [0.2, 0.25) is 0 Å². The summed E-state index contributed by atoms with van der Waals surface area (Å²) in [6, 6.07) is 0. The van der Waals surface area contributed by atoms with Gasteiger partial charge in [0, 0.05) is 19.6 Å². The number of amides is 1. The summed E-state index contributed by atoms with van der Waals surface area (Å²) in [7, 11) is 0. The van der Waals surface area contributed by atoms with Gasteiger partial charge in [-0.3, -0.25) is 9.59 Å². The van der Waals surface area contributed by atoms with Gasteiger partial charge in [-0.05, 0) is 31.7 Å². The van der Waals surface area contributed by atoms with Crippen LogP contribution in [0.4, 0.5) is 0 Å². The van der Waals surface area contributed by atoms with Crippen molar-refractivity contribution in [2.45, 2.75) is 33.1 Å². The van der Waals surface area contributed by atoms with E-state index in [0.717, 1.165) is 32.4 Å². The van der Waals surface area contributed by atoms with E-state index in [-0.39, 0.29) is 17.2 Å². The largest absolute Gasteiger partial charge is 0.481 e. The molecule has 0 aromatic rings. The van der Waals surface area contributed by atoms with E-state index in [2.05, 4.69) is 12.2 Å². The molecule has 5 nitrogen and oxygen atoms in total. The molecule has 2 N–H and O–H groups in total. The Morgan fingerprint density at radius 2 is 2.16 bits per heavy atom. The number of carbonyl (C=O) groups excluding carboxylic acids is 1. The molecule has 1 unspecified atom stereocenters. The van der Waals surface area contributed by atoms with E-state index in [1.165, 1.54) is 0 Å². The quantitative estimate of drug-likeness (QED) is 0.799. The number of likely N-dealkylation sites (tertiary alicyclic amines) is 1. The number of carboxylic acids is 1. The Morgan fingerprint density at radius 1 is 1.42 bits per heavy atom. The summed E-state index contributed by atoms with van der Waals surface area (Å²) in [5, 5.41) is 12.5. The minimum atomic E-state index is -0.782. The number of nitrogens with one attached hydrogen (secondary N) is 1. The van der Waals surface area contributed by atoms with Crippen LogP contribution in [-0.4, -0.2) is 48.1 Å². The number of hydrogen-bond acceptors (Lipinski definition) is 3. The SMILES string of the molecule is CCC1(C(=O)N2C[C@@H](C)[C@H](C(=O)O)C2)CCCNC1. The maximum Gasteiger partial charge on any atom is 0.308 e. The number of nitrogens with zero attached hydrogens (tertiary/aromatic N) is 1. The van der Waals surface area contributed by atoms with Gasteiger partial charge >= 0.3 is 5.97 Å². The highest BCUT2D eigenvalue weighted by atomic mass is 16.4. The van der Waals surface area contributed by atoms with E-state index >= 15 is 0 Å². The molecule has 0 bridgehead atoms. The average Bonchev–Trinajstić information content (AvgIpc) is 2.81. The molecule has 3 atom stereocenters. The van der Waals surface area contributed by atoms with Crippen LogP contribution in [0.3, 0.4) is 0 Å². The maximum absolute atomic E-state index is 12.8. The first-order chi connectivity index (χ1) is 9.00. The fraction of sp³-hybridized carbons (Fsp3) is 0.857. The first kappa shape index (κ1) is 14.3. The van der Waals surface area contributed by atoms with Crippen molar-refractivity contribution < 1.29 is 14.7 Å². The highest BCUT2D eigenvalue weighted by molar-refractivity contribution is 5.84. The first-order valence-corrected chi connectivity index (χ1v) is 7.23.